The fourth-order valence-corrected chi connectivity index (χ4v) is 3.73. The summed E-state index contributed by atoms with van der Waals surface area (Å²) in [5.74, 6) is -1.38. The van der Waals surface area contributed by atoms with Crippen LogP contribution in [0.1, 0.15) is 28.4 Å². The number of carboxylic acid groups (broad SMARTS) is 1. The highest BCUT2D eigenvalue weighted by Gasteiger charge is 2.34. The Morgan fingerprint density at radius 1 is 1.06 bits per heavy atom. The summed E-state index contributed by atoms with van der Waals surface area (Å²) >= 11 is 6.48. The summed E-state index contributed by atoms with van der Waals surface area (Å²) in [5.41, 5.74) is 4.47. The Morgan fingerprint density at radius 2 is 1.77 bits per heavy atom. The fraction of sp³-hybridized carbons (Fsp3) is 0.115. The van der Waals surface area contributed by atoms with Gasteiger partial charge in [0.15, 0.2) is 11.5 Å². The number of amides is 2. The predicted octanol–water partition coefficient (Wildman–Crippen LogP) is 4.48. The van der Waals surface area contributed by atoms with E-state index < -0.39 is 17.8 Å². The first kappa shape index (κ1) is 23.8. The third kappa shape index (κ3) is 5.28. The number of carbonyl (C=O) groups excluding carboxylic acids is 2. The van der Waals surface area contributed by atoms with Crippen molar-refractivity contribution in [1.82, 2.24) is 5.43 Å². The van der Waals surface area contributed by atoms with Gasteiger partial charge in [-0.05, 0) is 60.5 Å². The van der Waals surface area contributed by atoms with E-state index in [-0.39, 0.29) is 22.8 Å². The first-order chi connectivity index (χ1) is 16.9. The van der Waals surface area contributed by atoms with Crippen molar-refractivity contribution in [3.63, 3.8) is 0 Å². The van der Waals surface area contributed by atoms with E-state index in [0.717, 1.165) is 5.56 Å². The largest absolute Gasteiger partial charge is 0.490 e. The van der Waals surface area contributed by atoms with Gasteiger partial charge in [-0.2, -0.15) is 0 Å². The lowest BCUT2D eigenvalue weighted by Crippen LogP contribution is -2.35. The van der Waals surface area contributed by atoms with Crippen molar-refractivity contribution in [2.45, 2.75) is 13.5 Å². The zero-order valence-corrected chi connectivity index (χ0v) is 19.4. The van der Waals surface area contributed by atoms with Crippen LogP contribution in [0.3, 0.4) is 0 Å². The average Bonchev–Trinajstić information content (AvgIpc) is 3.13. The SMILES string of the molecule is CCOc1cc(C=C2C(=O)NN(c3ccccc3)C2=O)cc(Cl)c1OCc1ccc(C(=O)O)cc1. The molecule has 0 saturated carbocycles. The van der Waals surface area contributed by atoms with E-state index in [1.165, 1.54) is 23.2 Å². The van der Waals surface area contributed by atoms with Crippen molar-refractivity contribution in [1.29, 1.82) is 0 Å². The standard InChI is InChI=1S/C26H21ClN2O6/c1-2-34-22-14-17(12-20-24(30)28-29(25(20)31)19-6-4-3-5-7-19)13-21(27)23(22)35-15-16-8-10-18(11-9-16)26(32)33/h3-14H,2,15H2,1H3,(H,28,30)(H,32,33). The van der Waals surface area contributed by atoms with Gasteiger partial charge in [-0.3, -0.25) is 15.0 Å². The van der Waals surface area contributed by atoms with E-state index >= 15 is 0 Å². The summed E-state index contributed by atoms with van der Waals surface area (Å²) in [4.78, 5) is 36.4. The van der Waals surface area contributed by atoms with Crippen LogP contribution in [-0.2, 0) is 16.2 Å². The Balaban J connectivity index is 1.58. The van der Waals surface area contributed by atoms with Gasteiger partial charge in [-0.25, -0.2) is 9.80 Å². The third-order valence-electron chi connectivity index (χ3n) is 5.13. The first-order valence-corrected chi connectivity index (χ1v) is 11.1. The molecule has 8 nitrogen and oxygen atoms in total. The number of hydrogen-bond acceptors (Lipinski definition) is 5. The topological polar surface area (TPSA) is 105 Å². The van der Waals surface area contributed by atoms with Crippen LogP contribution in [0.2, 0.25) is 5.02 Å². The molecule has 35 heavy (non-hydrogen) atoms. The molecule has 2 amide bonds. The summed E-state index contributed by atoms with van der Waals surface area (Å²) in [6, 6.07) is 18.3. The molecule has 1 fully saturated rings. The molecule has 1 aliphatic rings. The Labute approximate surface area is 206 Å². The van der Waals surface area contributed by atoms with Crippen LogP contribution in [-0.4, -0.2) is 29.5 Å². The van der Waals surface area contributed by atoms with Crippen LogP contribution in [0.15, 0.2) is 72.3 Å². The minimum Gasteiger partial charge on any atom is -0.490 e. The molecule has 178 valence electrons. The summed E-state index contributed by atoms with van der Waals surface area (Å²) in [6.07, 6.45) is 1.45. The van der Waals surface area contributed by atoms with E-state index in [1.807, 2.05) is 6.07 Å². The molecular formula is C26H21ClN2O6. The van der Waals surface area contributed by atoms with Gasteiger partial charge in [0.2, 0.25) is 0 Å². The second kappa shape index (κ2) is 10.3. The van der Waals surface area contributed by atoms with Crippen LogP contribution < -0.4 is 19.9 Å². The number of hydrogen-bond donors (Lipinski definition) is 2. The molecule has 3 aromatic carbocycles. The number of anilines is 1. The lowest BCUT2D eigenvalue weighted by molar-refractivity contribution is -0.117. The van der Waals surface area contributed by atoms with Gasteiger partial charge in [-0.1, -0.05) is 41.9 Å². The molecule has 0 bridgehead atoms. The Bertz CT molecular complexity index is 1310. The number of nitrogens with one attached hydrogen (secondary N) is 1. The molecule has 2 N–H and O–H groups in total. The maximum absolute atomic E-state index is 12.9. The van der Waals surface area contributed by atoms with Gasteiger partial charge < -0.3 is 14.6 Å². The number of ether oxygens (including phenoxy) is 2. The molecule has 9 heteroatoms. The second-order valence-corrected chi connectivity index (χ2v) is 7.94. The van der Waals surface area contributed by atoms with Crippen molar-refractivity contribution in [3.8, 4) is 11.5 Å². The molecule has 4 rings (SSSR count). The minimum absolute atomic E-state index is 0.0421. The summed E-state index contributed by atoms with van der Waals surface area (Å²) in [6.45, 7) is 2.27. The fourth-order valence-electron chi connectivity index (χ4n) is 3.46. The highest BCUT2D eigenvalue weighted by molar-refractivity contribution is 6.33. The normalized spacial score (nSPS) is 14.2. The molecule has 0 aliphatic carbocycles. The number of hydrazine groups is 1. The molecule has 0 spiro atoms. The minimum atomic E-state index is -1.01. The number of halogens is 1. The predicted molar refractivity (Wildman–Crippen MR) is 130 cm³/mol. The van der Waals surface area contributed by atoms with Crippen molar-refractivity contribution in [2.75, 3.05) is 11.6 Å². The Hall–Kier alpha value is -4.30. The highest BCUT2D eigenvalue weighted by atomic mass is 35.5. The molecule has 0 unspecified atom stereocenters. The molecule has 1 aliphatic heterocycles. The number of rotatable bonds is 8. The molecular weight excluding hydrogens is 472 g/mol. The monoisotopic (exact) mass is 492 g/mol. The number of nitrogens with zero attached hydrogens (tertiary/aromatic N) is 1. The van der Waals surface area contributed by atoms with Crippen LogP contribution in [0.4, 0.5) is 5.69 Å². The van der Waals surface area contributed by atoms with Gasteiger partial charge in [-0.15, -0.1) is 0 Å². The lowest BCUT2D eigenvalue weighted by Gasteiger charge is -2.15. The number of para-hydroxylation sites is 1. The zero-order chi connectivity index (χ0) is 24.9. The summed E-state index contributed by atoms with van der Waals surface area (Å²) < 4.78 is 11.6. The van der Waals surface area contributed by atoms with E-state index in [1.54, 1.807) is 55.5 Å². The quantitative estimate of drug-likeness (QED) is 0.355. The van der Waals surface area contributed by atoms with Gasteiger partial charge >= 0.3 is 5.97 Å². The lowest BCUT2D eigenvalue weighted by atomic mass is 10.1. The maximum Gasteiger partial charge on any atom is 0.335 e. The summed E-state index contributed by atoms with van der Waals surface area (Å²) in [7, 11) is 0. The van der Waals surface area contributed by atoms with Crippen LogP contribution in [0.5, 0.6) is 11.5 Å². The average molecular weight is 493 g/mol. The highest BCUT2D eigenvalue weighted by Crippen LogP contribution is 2.38. The van der Waals surface area contributed by atoms with Gasteiger partial charge in [0.25, 0.3) is 11.8 Å². The maximum atomic E-state index is 12.9. The van der Waals surface area contributed by atoms with Crippen LogP contribution >= 0.6 is 11.6 Å². The van der Waals surface area contributed by atoms with Crippen molar-refractivity contribution < 1.29 is 29.0 Å². The number of carboxylic acids is 1. The molecule has 1 heterocycles. The van der Waals surface area contributed by atoms with E-state index in [4.69, 9.17) is 26.2 Å². The number of aromatic carboxylic acids is 1. The Kier molecular flexibility index (Phi) is 7.03. The number of benzene rings is 3. The van der Waals surface area contributed by atoms with Crippen LogP contribution in [0.25, 0.3) is 6.08 Å². The zero-order valence-electron chi connectivity index (χ0n) is 18.7. The molecule has 3 aromatic rings. The second-order valence-electron chi connectivity index (χ2n) is 7.53. The van der Waals surface area contributed by atoms with Crippen molar-refractivity contribution >= 4 is 41.1 Å². The Morgan fingerprint density at radius 3 is 2.43 bits per heavy atom. The third-order valence-corrected chi connectivity index (χ3v) is 5.41. The van der Waals surface area contributed by atoms with Crippen molar-refractivity contribution in [2.24, 2.45) is 0 Å². The van der Waals surface area contributed by atoms with E-state index in [0.29, 0.717) is 29.4 Å². The van der Waals surface area contributed by atoms with Gasteiger partial charge in [0.1, 0.15) is 12.2 Å². The summed E-state index contributed by atoms with van der Waals surface area (Å²) in [5, 5.41) is 10.4. The molecule has 0 atom stereocenters. The van der Waals surface area contributed by atoms with Gasteiger partial charge in [0.05, 0.1) is 22.9 Å². The van der Waals surface area contributed by atoms with Crippen LogP contribution in [0, 0.1) is 0 Å². The van der Waals surface area contributed by atoms with E-state index in [2.05, 4.69) is 5.43 Å². The molecule has 0 radical (unpaired) electrons. The van der Waals surface area contributed by atoms with Crippen molar-refractivity contribution in [3.05, 3.63) is 94.0 Å². The molecule has 0 aromatic heterocycles. The first-order valence-electron chi connectivity index (χ1n) is 10.7. The molecule has 1 saturated heterocycles. The smallest absolute Gasteiger partial charge is 0.335 e. The van der Waals surface area contributed by atoms with Gasteiger partial charge in [0, 0.05) is 0 Å². The van der Waals surface area contributed by atoms with E-state index in [9.17, 15) is 14.4 Å². The number of carbonyl (C=O) groups is 3.